The Bertz CT molecular complexity index is 1590. The molecule has 4 aromatic rings. The zero-order chi connectivity index (χ0) is 29.4. The minimum atomic E-state index is -0.638. The molecule has 0 unspecified atom stereocenters. The summed E-state index contributed by atoms with van der Waals surface area (Å²) in [7, 11) is 0. The predicted octanol–water partition coefficient (Wildman–Crippen LogP) is 6.61. The Morgan fingerprint density at radius 2 is 1.54 bits per heavy atom. The van der Waals surface area contributed by atoms with Crippen LogP contribution in [0.25, 0.3) is 0 Å². The highest BCUT2D eigenvalue weighted by Crippen LogP contribution is 2.35. The summed E-state index contributed by atoms with van der Waals surface area (Å²) in [6.07, 6.45) is 0. The van der Waals surface area contributed by atoms with Crippen LogP contribution in [0.3, 0.4) is 0 Å². The molecule has 3 N–H and O–H groups in total. The monoisotopic (exact) mass is 591 g/mol. The first-order valence-corrected chi connectivity index (χ1v) is 14.3. The molecule has 0 aliphatic rings. The second-order valence-electron chi connectivity index (χ2n) is 8.60. The van der Waals surface area contributed by atoms with E-state index in [4.69, 9.17) is 4.74 Å². The number of ether oxygens (including phenoxy) is 1. The second kappa shape index (κ2) is 13.7. The third-order valence-corrected chi connectivity index (χ3v) is 7.90. The number of benzene rings is 3. The summed E-state index contributed by atoms with van der Waals surface area (Å²) < 4.78 is 19.1. The molecular weight excluding hydrogens is 565 g/mol. The zero-order valence-corrected chi connectivity index (χ0v) is 23.8. The Balaban J connectivity index is 1.44. The fourth-order valence-electron chi connectivity index (χ4n) is 3.80. The standard InChI is InChI=1S/C30H26FN3O5S2/c1-3-39-30(38)25-18(2)26(28(37)32-19-10-5-4-6-11-19)41-29(25)34-24(35)17-40-21-13-9-12-20(16-21)33-27(36)22-14-7-8-15-23(22)31/h4-16H,3,17H2,1-2H3,(H,32,37)(H,33,36)(H,34,35). The van der Waals surface area contributed by atoms with Gasteiger partial charge in [0.15, 0.2) is 0 Å². The number of para-hydroxylation sites is 1. The van der Waals surface area contributed by atoms with Crippen molar-refractivity contribution < 1.29 is 28.3 Å². The van der Waals surface area contributed by atoms with Gasteiger partial charge in [-0.2, -0.15) is 0 Å². The maximum Gasteiger partial charge on any atom is 0.341 e. The summed E-state index contributed by atoms with van der Waals surface area (Å²) >= 11 is 2.20. The van der Waals surface area contributed by atoms with Gasteiger partial charge in [-0.3, -0.25) is 14.4 Å². The van der Waals surface area contributed by atoms with E-state index in [1.165, 1.54) is 30.0 Å². The van der Waals surface area contributed by atoms with Gasteiger partial charge >= 0.3 is 5.97 Å². The number of anilines is 3. The number of esters is 1. The lowest BCUT2D eigenvalue weighted by molar-refractivity contribution is -0.113. The first-order chi connectivity index (χ1) is 19.8. The molecule has 0 bridgehead atoms. The molecule has 3 amide bonds. The van der Waals surface area contributed by atoms with Crippen LogP contribution in [0, 0.1) is 12.7 Å². The van der Waals surface area contributed by atoms with E-state index >= 15 is 0 Å². The minimum Gasteiger partial charge on any atom is -0.462 e. The van der Waals surface area contributed by atoms with Gasteiger partial charge in [0.1, 0.15) is 10.8 Å². The predicted molar refractivity (Wildman–Crippen MR) is 160 cm³/mol. The molecule has 0 saturated heterocycles. The lowest BCUT2D eigenvalue weighted by atomic mass is 10.1. The van der Waals surface area contributed by atoms with E-state index in [2.05, 4.69) is 16.0 Å². The molecule has 4 rings (SSSR count). The SMILES string of the molecule is CCOC(=O)c1c(NC(=O)CSc2cccc(NC(=O)c3ccccc3F)c2)sc(C(=O)Nc2ccccc2)c1C. The molecule has 0 aliphatic heterocycles. The summed E-state index contributed by atoms with van der Waals surface area (Å²) in [5.74, 6) is -2.68. The van der Waals surface area contributed by atoms with Crippen molar-refractivity contribution in [2.45, 2.75) is 18.7 Å². The van der Waals surface area contributed by atoms with E-state index in [9.17, 15) is 23.6 Å². The first-order valence-electron chi connectivity index (χ1n) is 12.5. The van der Waals surface area contributed by atoms with Crippen LogP contribution in [0.1, 0.15) is 42.9 Å². The van der Waals surface area contributed by atoms with Crippen LogP contribution >= 0.6 is 23.1 Å². The van der Waals surface area contributed by atoms with Crippen molar-refractivity contribution in [1.29, 1.82) is 0 Å². The summed E-state index contributed by atoms with van der Waals surface area (Å²) in [4.78, 5) is 52.0. The Morgan fingerprint density at radius 3 is 2.27 bits per heavy atom. The van der Waals surface area contributed by atoms with Gasteiger partial charge < -0.3 is 20.7 Å². The van der Waals surface area contributed by atoms with Crippen molar-refractivity contribution in [2.24, 2.45) is 0 Å². The summed E-state index contributed by atoms with van der Waals surface area (Å²) in [6, 6.07) is 21.4. The van der Waals surface area contributed by atoms with E-state index in [1.807, 2.05) is 6.07 Å². The van der Waals surface area contributed by atoms with Crippen LogP contribution in [0.2, 0.25) is 0 Å². The normalized spacial score (nSPS) is 10.5. The molecule has 210 valence electrons. The number of carbonyl (C=O) groups excluding carboxylic acids is 4. The highest BCUT2D eigenvalue weighted by atomic mass is 32.2. The van der Waals surface area contributed by atoms with Gasteiger partial charge in [0.05, 0.1) is 28.4 Å². The summed E-state index contributed by atoms with van der Waals surface area (Å²) in [5.41, 5.74) is 1.49. The maximum absolute atomic E-state index is 13.9. The van der Waals surface area contributed by atoms with Crippen LogP contribution in [0.15, 0.2) is 83.8 Å². The van der Waals surface area contributed by atoms with Gasteiger partial charge in [-0.1, -0.05) is 36.4 Å². The number of nitrogens with one attached hydrogen (secondary N) is 3. The first kappa shape index (κ1) is 29.5. The van der Waals surface area contributed by atoms with Crippen LogP contribution in [0.5, 0.6) is 0 Å². The average Bonchev–Trinajstić information content (AvgIpc) is 3.28. The molecule has 0 spiro atoms. The molecule has 3 aromatic carbocycles. The largest absolute Gasteiger partial charge is 0.462 e. The second-order valence-corrected chi connectivity index (χ2v) is 10.7. The molecule has 0 aliphatic carbocycles. The number of rotatable bonds is 10. The molecule has 41 heavy (non-hydrogen) atoms. The number of thiophene rings is 1. The van der Waals surface area contributed by atoms with E-state index in [-0.39, 0.29) is 33.4 Å². The van der Waals surface area contributed by atoms with Crippen molar-refractivity contribution >= 4 is 63.2 Å². The van der Waals surface area contributed by atoms with Crippen molar-refractivity contribution in [2.75, 3.05) is 28.3 Å². The number of carbonyl (C=O) groups is 4. The molecule has 0 radical (unpaired) electrons. The highest BCUT2D eigenvalue weighted by molar-refractivity contribution is 8.00. The van der Waals surface area contributed by atoms with Gasteiger partial charge in [0.25, 0.3) is 11.8 Å². The van der Waals surface area contributed by atoms with Crippen LogP contribution in [0.4, 0.5) is 20.8 Å². The molecular formula is C30H26FN3O5S2. The fourth-order valence-corrected chi connectivity index (χ4v) is 5.66. The van der Waals surface area contributed by atoms with Gasteiger partial charge in [-0.15, -0.1) is 23.1 Å². The van der Waals surface area contributed by atoms with E-state index in [0.29, 0.717) is 21.8 Å². The molecule has 8 nitrogen and oxygen atoms in total. The Morgan fingerprint density at radius 1 is 0.854 bits per heavy atom. The topological polar surface area (TPSA) is 114 Å². The lowest BCUT2D eigenvalue weighted by Gasteiger charge is -2.09. The molecule has 1 heterocycles. The minimum absolute atomic E-state index is 0.0184. The fraction of sp³-hybridized carbons (Fsp3) is 0.133. The Kier molecular flexibility index (Phi) is 9.88. The maximum atomic E-state index is 13.9. The summed E-state index contributed by atoms with van der Waals surface area (Å²) in [5, 5.41) is 8.41. The van der Waals surface area contributed by atoms with Crippen molar-refractivity contribution in [3.63, 3.8) is 0 Å². The molecule has 0 fully saturated rings. The van der Waals surface area contributed by atoms with Crippen LogP contribution in [-0.4, -0.2) is 36.1 Å². The van der Waals surface area contributed by atoms with E-state index in [1.54, 1.807) is 68.4 Å². The van der Waals surface area contributed by atoms with Gasteiger partial charge in [0, 0.05) is 16.3 Å². The number of halogens is 1. The van der Waals surface area contributed by atoms with Gasteiger partial charge in [-0.05, 0) is 61.9 Å². The van der Waals surface area contributed by atoms with Crippen molar-refractivity contribution in [3.05, 3.63) is 106 Å². The smallest absolute Gasteiger partial charge is 0.341 e. The number of hydrogen-bond donors (Lipinski definition) is 3. The molecule has 0 saturated carbocycles. The third kappa shape index (κ3) is 7.59. The van der Waals surface area contributed by atoms with Crippen molar-refractivity contribution in [1.82, 2.24) is 0 Å². The highest BCUT2D eigenvalue weighted by Gasteiger charge is 2.27. The molecule has 1 aromatic heterocycles. The van der Waals surface area contributed by atoms with Crippen molar-refractivity contribution in [3.8, 4) is 0 Å². The third-order valence-electron chi connectivity index (χ3n) is 5.70. The van der Waals surface area contributed by atoms with E-state index in [0.717, 1.165) is 11.3 Å². The Hall–Kier alpha value is -4.48. The molecule has 11 heteroatoms. The van der Waals surface area contributed by atoms with Crippen LogP contribution in [-0.2, 0) is 9.53 Å². The number of amides is 3. The van der Waals surface area contributed by atoms with Gasteiger partial charge in [0.2, 0.25) is 5.91 Å². The van der Waals surface area contributed by atoms with Crippen LogP contribution < -0.4 is 16.0 Å². The summed E-state index contributed by atoms with van der Waals surface area (Å²) in [6.45, 7) is 3.44. The van der Waals surface area contributed by atoms with E-state index < -0.39 is 29.5 Å². The number of thioether (sulfide) groups is 1. The average molecular weight is 592 g/mol. The number of hydrogen-bond acceptors (Lipinski definition) is 7. The quantitative estimate of drug-likeness (QED) is 0.141. The zero-order valence-electron chi connectivity index (χ0n) is 22.2. The Labute approximate surface area is 244 Å². The molecule has 0 atom stereocenters. The van der Waals surface area contributed by atoms with Gasteiger partial charge in [-0.25, -0.2) is 9.18 Å². The lowest BCUT2D eigenvalue weighted by Crippen LogP contribution is -2.16.